The molecule has 132 valence electrons. The number of anilines is 1. The number of hydrogen-bond acceptors (Lipinski definition) is 3. The second-order valence-corrected chi connectivity index (χ2v) is 7.24. The van der Waals surface area contributed by atoms with Crippen LogP contribution in [0.25, 0.3) is 0 Å². The zero-order valence-corrected chi connectivity index (χ0v) is 15.9. The van der Waals surface area contributed by atoms with E-state index in [1.54, 1.807) is 7.05 Å². The number of rotatable bonds is 6. The molecule has 0 aliphatic heterocycles. The molecular weight excluding hydrogens is 372 g/mol. The van der Waals surface area contributed by atoms with Crippen LogP contribution >= 0.6 is 15.9 Å². The Labute approximate surface area is 151 Å². The van der Waals surface area contributed by atoms with Gasteiger partial charge >= 0.3 is 0 Å². The fourth-order valence-electron chi connectivity index (χ4n) is 2.79. The lowest BCUT2D eigenvalue weighted by Crippen LogP contribution is -2.38. The maximum Gasteiger partial charge on any atom is 0.248 e. The Morgan fingerprint density at radius 2 is 2.00 bits per heavy atom. The van der Waals surface area contributed by atoms with E-state index in [0.29, 0.717) is 0 Å². The van der Waals surface area contributed by atoms with Gasteiger partial charge in [0.1, 0.15) is 6.61 Å². The summed E-state index contributed by atoms with van der Waals surface area (Å²) in [6.45, 7) is 1.99. The van der Waals surface area contributed by atoms with Crippen LogP contribution in [-0.4, -0.2) is 43.0 Å². The van der Waals surface area contributed by atoms with Crippen molar-refractivity contribution in [3.8, 4) is 0 Å². The predicted molar refractivity (Wildman–Crippen MR) is 98.0 cm³/mol. The molecule has 0 heterocycles. The minimum absolute atomic E-state index is 0.0162. The van der Waals surface area contributed by atoms with E-state index in [9.17, 15) is 9.59 Å². The first-order valence-corrected chi connectivity index (χ1v) is 9.16. The van der Waals surface area contributed by atoms with Crippen molar-refractivity contribution in [1.29, 1.82) is 0 Å². The van der Waals surface area contributed by atoms with Crippen molar-refractivity contribution in [3.63, 3.8) is 0 Å². The van der Waals surface area contributed by atoms with Gasteiger partial charge < -0.3 is 15.0 Å². The molecule has 0 aromatic heterocycles. The predicted octanol–water partition coefficient (Wildman–Crippen LogP) is 3.50. The molecule has 0 radical (unpaired) electrons. The van der Waals surface area contributed by atoms with Gasteiger partial charge in [0.15, 0.2) is 0 Å². The van der Waals surface area contributed by atoms with Crippen molar-refractivity contribution in [1.82, 2.24) is 4.90 Å². The molecule has 6 heteroatoms. The summed E-state index contributed by atoms with van der Waals surface area (Å²) in [6, 6.07) is 5.64. The third-order valence-electron chi connectivity index (χ3n) is 4.26. The highest BCUT2D eigenvalue weighted by Crippen LogP contribution is 2.21. The van der Waals surface area contributed by atoms with Gasteiger partial charge in [-0.15, -0.1) is 0 Å². The highest BCUT2D eigenvalue weighted by molar-refractivity contribution is 9.10. The van der Waals surface area contributed by atoms with E-state index in [-0.39, 0.29) is 31.1 Å². The van der Waals surface area contributed by atoms with Gasteiger partial charge in [0.05, 0.1) is 12.6 Å². The zero-order valence-electron chi connectivity index (χ0n) is 14.3. The minimum atomic E-state index is -0.214. The monoisotopic (exact) mass is 396 g/mol. The van der Waals surface area contributed by atoms with Crippen LogP contribution in [-0.2, 0) is 14.3 Å². The Balaban J connectivity index is 1.76. The molecule has 2 amide bonds. The van der Waals surface area contributed by atoms with Crippen molar-refractivity contribution in [2.45, 2.75) is 45.1 Å². The number of benzene rings is 1. The third kappa shape index (κ3) is 5.91. The molecule has 0 unspecified atom stereocenters. The Bertz CT molecular complexity index is 586. The minimum Gasteiger partial charge on any atom is -0.368 e. The number of likely N-dealkylation sites (N-methyl/N-ethyl adjacent to an activating group) is 1. The van der Waals surface area contributed by atoms with Gasteiger partial charge in [0, 0.05) is 17.2 Å². The number of nitrogens with zero attached hydrogens (tertiary/aromatic N) is 1. The van der Waals surface area contributed by atoms with Crippen LogP contribution < -0.4 is 5.32 Å². The SMILES string of the molecule is Cc1cc(Br)ccc1NC(=O)CN(C)C(=O)COC1CCCCC1. The summed E-state index contributed by atoms with van der Waals surface area (Å²) < 4.78 is 6.63. The topological polar surface area (TPSA) is 58.6 Å². The first kappa shape index (κ1) is 18.9. The molecule has 1 saturated carbocycles. The number of halogens is 1. The van der Waals surface area contributed by atoms with E-state index in [1.165, 1.54) is 24.2 Å². The summed E-state index contributed by atoms with van der Waals surface area (Å²) >= 11 is 3.39. The third-order valence-corrected chi connectivity index (χ3v) is 4.76. The quantitative estimate of drug-likeness (QED) is 0.800. The number of nitrogens with one attached hydrogen (secondary N) is 1. The Hall–Kier alpha value is -1.40. The average molecular weight is 397 g/mol. The van der Waals surface area contributed by atoms with E-state index in [4.69, 9.17) is 4.74 Å². The van der Waals surface area contributed by atoms with Crippen LogP contribution in [0.3, 0.4) is 0 Å². The van der Waals surface area contributed by atoms with Gasteiger partial charge in [-0.25, -0.2) is 0 Å². The first-order chi connectivity index (χ1) is 11.5. The van der Waals surface area contributed by atoms with E-state index in [0.717, 1.165) is 28.6 Å². The molecule has 1 fully saturated rings. The second-order valence-electron chi connectivity index (χ2n) is 6.33. The first-order valence-electron chi connectivity index (χ1n) is 8.37. The summed E-state index contributed by atoms with van der Waals surface area (Å²) in [5.74, 6) is -0.378. The maximum absolute atomic E-state index is 12.1. The van der Waals surface area contributed by atoms with E-state index >= 15 is 0 Å². The molecule has 1 aliphatic carbocycles. The van der Waals surface area contributed by atoms with E-state index in [2.05, 4.69) is 21.2 Å². The Morgan fingerprint density at radius 3 is 2.67 bits per heavy atom. The normalized spacial score (nSPS) is 15.1. The Morgan fingerprint density at radius 1 is 1.29 bits per heavy atom. The molecule has 0 atom stereocenters. The molecule has 5 nitrogen and oxygen atoms in total. The number of carbonyl (C=O) groups is 2. The van der Waals surface area contributed by atoms with Gasteiger partial charge in [0.25, 0.3) is 0 Å². The van der Waals surface area contributed by atoms with Crippen molar-refractivity contribution in [2.24, 2.45) is 0 Å². The van der Waals surface area contributed by atoms with Crippen molar-refractivity contribution in [2.75, 3.05) is 25.5 Å². The summed E-state index contributed by atoms with van der Waals surface area (Å²) in [5.41, 5.74) is 1.72. The smallest absolute Gasteiger partial charge is 0.248 e. The standard InChI is InChI=1S/C18H25BrN2O3/c1-13-10-14(19)8-9-16(13)20-17(22)11-21(2)18(23)12-24-15-6-4-3-5-7-15/h8-10,15H,3-7,11-12H2,1-2H3,(H,20,22). The molecule has 1 aromatic rings. The average Bonchev–Trinajstić information content (AvgIpc) is 2.56. The van der Waals surface area contributed by atoms with Gasteiger partial charge in [-0.05, 0) is 43.5 Å². The Kier molecular flexibility index (Phi) is 7.24. The number of ether oxygens (including phenoxy) is 1. The van der Waals surface area contributed by atoms with E-state index < -0.39 is 0 Å². The zero-order chi connectivity index (χ0) is 17.5. The molecule has 0 saturated heterocycles. The van der Waals surface area contributed by atoms with Crippen LogP contribution in [0, 0.1) is 6.92 Å². The lowest BCUT2D eigenvalue weighted by atomic mass is 9.98. The fraction of sp³-hybridized carbons (Fsp3) is 0.556. The summed E-state index contributed by atoms with van der Waals surface area (Å²) in [7, 11) is 1.63. The van der Waals surface area contributed by atoms with Crippen LogP contribution in [0.15, 0.2) is 22.7 Å². The highest BCUT2D eigenvalue weighted by Gasteiger charge is 2.18. The highest BCUT2D eigenvalue weighted by atomic mass is 79.9. The lowest BCUT2D eigenvalue weighted by Gasteiger charge is -2.23. The van der Waals surface area contributed by atoms with Crippen molar-refractivity contribution >= 4 is 33.4 Å². The molecular formula is C18H25BrN2O3. The molecule has 1 N–H and O–H groups in total. The fourth-order valence-corrected chi connectivity index (χ4v) is 3.27. The summed E-state index contributed by atoms with van der Waals surface area (Å²) in [4.78, 5) is 25.6. The number of aryl methyl sites for hydroxylation is 1. The number of carbonyl (C=O) groups excluding carboxylic acids is 2. The van der Waals surface area contributed by atoms with E-state index in [1.807, 2.05) is 25.1 Å². The summed E-state index contributed by atoms with van der Waals surface area (Å²) in [5, 5.41) is 2.83. The molecule has 1 aliphatic rings. The maximum atomic E-state index is 12.1. The van der Waals surface area contributed by atoms with Crippen LogP contribution in [0.2, 0.25) is 0 Å². The van der Waals surface area contributed by atoms with Gasteiger partial charge in [-0.1, -0.05) is 35.2 Å². The molecule has 2 rings (SSSR count). The molecule has 0 spiro atoms. The van der Waals surface area contributed by atoms with Gasteiger partial charge in [-0.2, -0.15) is 0 Å². The lowest BCUT2D eigenvalue weighted by molar-refractivity contribution is -0.139. The van der Waals surface area contributed by atoms with Crippen LogP contribution in [0.5, 0.6) is 0 Å². The summed E-state index contributed by atoms with van der Waals surface area (Å²) in [6.07, 6.45) is 5.84. The number of hydrogen-bond donors (Lipinski definition) is 1. The van der Waals surface area contributed by atoms with Crippen LogP contribution in [0.4, 0.5) is 5.69 Å². The van der Waals surface area contributed by atoms with Gasteiger partial charge in [0.2, 0.25) is 11.8 Å². The molecule has 1 aromatic carbocycles. The van der Waals surface area contributed by atoms with Crippen molar-refractivity contribution < 1.29 is 14.3 Å². The second kappa shape index (κ2) is 9.18. The largest absolute Gasteiger partial charge is 0.368 e. The number of amides is 2. The molecule has 0 bridgehead atoms. The van der Waals surface area contributed by atoms with Gasteiger partial charge in [-0.3, -0.25) is 9.59 Å². The molecule has 24 heavy (non-hydrogen) atoms. The van der Waals surface area contributed by atoms with Crippen LogP contribution in [0.1, 0.15) is 37.7 Å². The van der Waals surface area contributed by atoms with Crippen molar-refractivity contribution in [3.05, 3.63) is 28.2 Å².